The largest absolute Gasteiger partial charge is 0.384 e. The van der Waals surface area contributed by atoms with Crippen LogP contribution in [0.5, 0.6) is 0 Å². The first-order valence-electron chi connectivity index (χ1n) is 14.3. The fourth-order valence-electron chi connectivity index (χ4n) is 8.17. The second-order valence-electron chi connectivity index (χ2n) is 12.1. The Bertz CT molecular complexity index is 1080. The minimum Gasteiger partial charge on any atom is -0.384 e. The number of nitrogens with one attached hydrogen (secondary N) is 3. The Hall–Kier alpha value is -2.74. The summed E-state index contributed by atoms with van der Waals surface area (Å²) in [5, 5.41) is 9.57. The molecule has 0 radical (unpaired) electrons. The predicted molar refractivity (Wildman–Crippen MR) is 139 cm³/mol. The Kier molecular flexibility index (Phi) is 6.55. The van der Waals surface area contributed by atoms with E-state index in [1.165, 1.54) is 51.4 Å². The smallest absolute Gasteiger partial charge is 0.264 e. The van der Waals surface area contributed by atoms with Crippen molar-refractivity contribution in [3.63, 3.8) is 0 Å². The van der Waals surface area contributed by atoms with Crippen molar-refractivity contribution in [1.29, 1.82) is 0 Å². The van der Waals surface area contributed by atoms with Crippen LogP contribution in [0.3, 0.4) is 0 Å². The normalized spacial score (nSPS) is 32.2. The van der Waals surface area contributed by atoms with Crippen molar-refractivity contribution in [3.8, 4) is 0 Å². The van der Waals surface area contributed by atoms with E-state index in [2.05, 4.69) is 16.0 Å². The molecule has 4 amide bonds. The number of benzene rings is 1. The van der Waals surface area contributed by atoms with E-state index in [0.29, 0.717) is 22.4 Å². The second kappa shape index (κ2) is 9.86. The van der Waals surface area contributed by atoms with Crippen LogP contribution < -0.4 is 16.0 Å². The third-order valence-corrected chi connectivity index (χ3v) is 9.43. The molecule has 8 heteroatoms. The van der Waals surface area contributed by atoms with Gasteiger partial charge in [-0.05, 0) is 94.2 Å². The van der Waals surface area contributed by atoms with Gasteiger partial charge in [0.15, 0.2) is 0 Å². The van der Waals surface area contributed by atoms with Gasteiger partial charge in [-0.25, -0.2) is 0 Å². The van der Waals surface area contributed by atoms with Crippen molar-refractivity contribution in [3.05, 3.63) is 29.3 Å². The van der Waals surface area contributed by atoms with Crippen molar-refractivity contribution < 1.29 is 19.2 Å². The second-order valence-corrected chi connectivity index (χ2v) is 12.1. The monoisotopic (exact) mass is 506 g/mol. The Morgan fingerprint density at radius 1 is 0.865 bits per heavy atom. The molecule has 6 aliphatic rings. The first-order chi connectivity index (χ1) is 17.9. The molecule has 0 aromatic heterocycles. The van der Waals surface area contributed by atoms with Gasteiger partial charge in [0.2, 0.25) is 11.8 Å². The molecule has 7 rings (SSSR count). The number of hydrogen-bond donors (Lipinski definition) is 3. The van der Waals surface area contributed by atoms with Crippen molar-refractivity contribution >= 4 is 29.3 Å². The quantitative estimate of drug-likeness (QED) is 0.331. The molecule has 1 unspecified atom stereocenters. The van der Waals surface area contributed by atoms with Gasteiger partial charge in [0.1, 0.15) is 6.04 Å². The number of unbranched alkanes of at least 4 members (excludes halogenated alkanes) is 3. The molecule has 0 spiro atoms. The third-order valence-electron chi connectivity index (χ3n) is 9.43. The lowest BCUT2D eigenvalue weighted by Crippen LogP contribution is -2.58. The average Bonchev–Trinajstić information content (AvgIpc) is 3.10. The molecule has 4 saturated carbocycles. The zero-order valence-electron chi connectivity index (χ0n) is 21.5. The standard InChI is InChI=1S/C29H38N4O4/c34-24-9-8-23(26(35)32-24)33-27(36)21-6-5-7-22(25(21)28(33)37)30-10-3-1-2-4-11-31-29-15-18-12-19(16-29)14-20(13-18)17-29/h5-7,18-20,23,30-31H,1-4,8-17H2,(H,32,34,35). The van der Waals surface area contributed by atoms with Gasteiger partial charge in [0, 0.05) is 24.2 Å². The average molecular weight is 507 g/mol. The maximum atomic E-state index is 13.2. The number of piperidine rings is 1. The summed E-state index contributed by atoms with van der Waals surface area (Å²) in [5.74, 6) is 1.03. The fourth-order valence-corrected chi connectivity index (χ4v) is 8.17. The molecular formula is C29H38N4O4. The van der Waals surface area contributed by atoms with Crippen LogP contribution in [0, 0.1) is 17.8 Å². The molecule has 3 N–H and O–H groups in total. The van der Waals surface area contributed by atoms with E-state index < -0.39 is 23.8 Å². The lowest BCUT2D eigenvalue weighted by atomic mass is 9.53. The van der Waals surface area contributed by atoms with Gasteiger partial charge in [-0.3, -0.25) is 29.4 Å². The van der Waals surface area contributed by atoms with Gasteiger partial charge in [0.25, 0.3) is 11.8 Å². The van der Waals surface area contributed by atoms with Gasteiger partial charge in [-0.2, -0.15) is 0 Å². The predicted octanol–water partition coefficient (Wildman–Crippen LogP) is 3.62. The van der Waals surface area contributed by atoms with Crippen LogP contribution in [0.1, 0.15) is 97.8 Å². The molecule has 1 aromatic rings. The highest BCUT2D eigenvalue weighted by Crippen LogP contribution is 2.55. The molecule has 198 valence electrons. The molecule has 2 heterocycles. The van der Waals surface area contributed by atoms with E-state index in [-0.39, 0.29) is 18.7 Å². The first-order valence-corrected chi connectivity index (χ1v) is 14.3. The van der Waals surface area contributed by atoms with Crippen LogP contribution in [-0.2, 0) is 9.59 Å². The maximum absolute atomic E-state index is 13.2. The number of nitrogens with zero attached hydrogens (tertiary/aromatic N) is 1. The van der Waals surface area contributed by atoms with E-state index in [4.69, 9.17) is 0 Å². The van der Waals surface area contributed by atoms with Gasteiger partial charge in [-0.1, -0.05) is 18.9 Å². The number of amides is 4. The summed E-state index contributed by atoms with van der Waals surface area (Å²) in [7, 11) is 0. The van der Waals surface area contributed by atoms with Crippen LogP contribution in [0.25, 0.3) is 0 Å². The molecule has 1 saturated heterocycles. The van der Waals surface area contributed by atoms with Crippen LogP contribution >= 0.6 is 0 Å². The highest BCUT2D eigenvalue weighted by molar-refractivity contribution is 6.25. The zero-order valence-corrected chi connectivity index (χ0v) is 21.5. The summed E-state index contributed by atoms with van der Waals surface area (Å²) in [6.07, 6.45) is 13.4. The summed E-state index contributed by atoms with van der Waals surface area (Å²) in [6.45, 7) is 1.83. The van der Waals surface area contributed by atoms with Gasteiger partial charge in [-0.15, -0.1) is 0 Å². The number of fused-ring (bicyclic) bond motifs is 1. The minimum absolute atomic E-state index is 0.118. The maximum Gasteiger partial charge on any atom is 0.264 e. The molecule has 4 bridgehead atoms. The lowest BCUT2D eigenvalue weighted by molar-refractivity contribution is -0.136. The van der Waals surface area contributed by atoms with E-state index in [9.17, 15) is 19.2 Å². The molecule has 1 aromatic carbocycles. The summed E-state index contributed by atoms with van der Waals surface area (Å²) in [4.78, 5) is 51.0. The van der Waals surface area contributed by atoms with Crippen LogP contribution in [-0.4, -0.2) is 53.2 Å². The first kappa shape index (κ1) is 24.6. The van der Waals surface area contributed by atoms with Gasteiger partial charge in [0.05, 0.1) is 11.1 Å². The van der Waals surface area contributed by atoms with E-state index in [1.807, 2.05) is 6.07 Å². The molecule has 2 aliphatic heterocycles. The molecular weight excluding hydrogens is 468 g/mol. The Labute approximate surface area is 218 Å². The Balaban J connectivity index is 0.954. The number of imide groups is 2. The summed E-state index contributed by atoms with van der Waals surface area (Å²) in [5.41, 5.74) is 1.72. The van der Waals surface area contributed by atoms with E-state index in [1.54, 1.807) is 12.1 Å². The number of carbonyl (C=O) groups excluding carboxylic acids is 4. The van der Waals surface area contributed by atoms with Crippen molar-refractivity contribution in [2.24, 2.45) is 17.8 Å². The Morgan fingerprint density at radius 2 is 1.54 bits per heavy atom. The summed E-state index contributed by atoms with van der Waals surface area (Å²) < 4.78 is 0. The third kappa shape index (κ3) is 4.69. The fraction of sp³-hybridized carbons (Fsp3) is 0.655. The zero-order chi connectivity index (χ0) is 25.6. The number of anilines is 1. The molecule has 1 atom stereocenters. The lowest BCUT2D eigenvalue weighted by Gasteiger charge is -2.57. The van der Waals surface area contributed by atoms with Crippen LogP contribution in [0.15, 0.2) is 18.2 Å². The number of hydrogen-bond acceptors (Lipinski definition) is 6. The van der Waals surface area contributed by atoms with Crippen molar-refractivity contribution in [1.82, 2.24) is 15.5 Å². The molecule has 5 fully saturated rings. The number of carbonyl (C=O) groups is 4. The summed E-state index contributed by atoms with van der Waals surface area (Å²) >= 11 is 0. The highest BCUT2D eigenvalue weighted by atomic mass is 16.2. The van der Waals surface area contributed by atoms with Crippen molar-refractivity contribution in [2.45, 2.75) is 88.6 Å². The molecule has 37 heavy (non-hydrogen) atoms. The van der Waals surface area contributed by atoms with Crippen LogP contribution in [0.4, 0.5) is 5.69 Å². The minimum atomic E-state index is -0.940. The molecule has 4 aliphatic carbocycles. The van der Waals surface area contributed by atoms with E-state index in [0.717, 1.165) is 48.6 Å². The Morgan fingerprint density at radius 3 is 2.22 bits per heavy atom. The van der Waals surface area contributed by atoms with Crippen molar-refractivity contribution in [2.75, 3.05) is 18.4 Å². The SMILES string of the molecule is O=C1CCC(N2C(=O)c3cccc(NCCCCCCNC45CC6CC(CC(C6)C4)C5)c3C2=O)C(=O)N1. The molecule has 8 nitrogen and oxygen atoms in total. The van der Waals surface area contributed by atoms with Gasteiger partial charge >= 0.3 is 0 Å². The summed E-state index contributed by atoms with van der Waals surface area (Å²) in [6, 6.07) is 4.26. The van der Waals surface area contributed by atoms with Gasteiger partial charge < -0.3 is 10.6 Å². The number of rotatable bonds is 10. The van der Waals surface area contributed by atoms with E-state index >= 15 is 0 Å². The topological polar surface area (TPSA) is 108 Å². The van der Waals surface area contributed by atoms with Crippen LogP contribution in [0.2, 0.25) is 0 Å². The highest BCUT2D eigenvalue weighted by Gasteiger charge is 2.50.